The molecule has 0 bridgehead atoms. The average Bonchev–Trinajstić information content (AvgIpc) is 3.15. The number of nitrogens with one attached hydrogen (secondary N) is 1. The number of rotatable bonds is 7. The average molecular weight is 469 g/mol. The molecule has 33 heavy (non-hydrogen) atoms. The smallest absolute Gasteiger partial charge is 0.255 e. The number of hydrogen-bond acceptors (Lipinski definition) is 4. The third-order valence-corrected chi connectivity index (χ3v) is 5.90. The van der Waals surface area contributed by atoms with E-state index in [0.717, 1.165) is 5.56 Å². The zero-order valence-electron chi connectivity index (χ0n) is 18.1. The highest BCUT2D eigenvalue weighted by molar-refractivity contribution is 6.32. The van der Waals surface area contributed by atoms with Gasteiger partial charge in [0.25, 0.3) is 5.91 Å². The van der Waals surface area contributed by atoms with Crippen molar-refractivity contribution in [3.63, 3.8) is 0 Å². The normalized spacial score (nSPS) is 13.5. The lowest BCUT2D eigenvalue weighted by Gasteiger charge is -2.28. The predicted octanol–water partition coefficient (Wildman–Crippen LogP) is 5.22. The molecule has 1 aliphatic heterocycles. The molecule has 0 aliphatic carbocycles. The Hall–Kier alpha value is -3.58. The molecule has 1 aliphatic rings. The van der Waals surface area contributed by atoms with Crippen molar-refractivity contribution in [3.05, 3.63) is 88.2 Å². The summed E-state index contributed by atoms with van der Waals surface area (Å²) >= 11 is 6.21. The van der Waals surface area contributed by atoms with E-state index in [1.165, 1.54) is 26.4 Å². The molecule has 4 rings (SSSR count). The van der Waals surface area contributed by atoms with Crippen molar-refractivity contribution in [2.45, 2.75) is 19.0 Å². The van der Waals surface area contributed by atoms with Gasteiger partial charge in [0.1, 0.15) is 17.3 Å². The number of carbonyl (C=O) groups is 2. The molecule has 0 fully saturated rings. The first-order valence-corrected chi connectivity index (χ1v) is 10.6. The minimum atomic E-state index is -0.592. The molecule has 3 aromatic carbocycles. The van der Waals surface area contributed by atoms with E-state index in [1.807, 2.05) is 12.1 Å². The molecule has 8 heteroatoms. The number of ether oxygens (including phenoxy) is 2. The van der Waals surface area contributed by atoms with Crippen molar-refractivity contribution < 1.29 is 23.5 Å². The van der Waals surface area contributed by atoms with Gasteiger partial charge in [-0.25, -0.2) is 4.39 Å². The molecule has 0 aromatic heterocycles. The third-order valence-electron chi connectivity index (χ3n) is 5.61. The van der Waals surface area contributed by atoms with Gasteiger partial charge in [-0.3, -0.25) is 9.59 Å². The summed E-state index contributed by atoms with van der Waals surface area (Å²) in [5, 5.41) is 3.12. The van der Waals surface area contributed by atoms with Gasteiger partial charge >= 0.3 is 0 Å². The number of benzene rings is 3. The number of halogens is 2. The van der Waals surface area contributed by atoms with Gasteiger partial charge < -0.3 is 19.7 Å². The van der Waals surface area contributed by atoms with Gasteiger partial charge in [-0.15, -0.1) is 0 Å². The van der Waals surface area contributed by atoms with Gasteiger partial charge in [-0.05, 0) is 35.4 Å². The van der Waals surface area contributed by atoms with Gasteiger partial charge in [-0.1, -0.05) is 41.9 Å². The van der Waals surface area contributed by atoms with Crippen LogP contribution in [0.2, 0.25) is 5.02 Å². The van der Waals surface area contributed by atoms with E-state index in [2.05, 4.69) is 5.32 Å². The molecule has 2 amide bonds. The second-order valence-electron chi connectivity index (χ2n) is 7.60. The van der Waals surface area contributed by atoms with Crippen molar-refractivity contribution in [1.29, 1.82) is 0 Å². The lowest BCUT2D eigenvalue weighted by Crippen LogP contribution is -2.32. The molecule has 170 valence electrons. The van der Waals surface area contributed by atoms with E-state index in [-0.39, 0.29) is 18.2 Å². The first kappa shape index (κ1) is 22.6. The van der Waals surface area contributed by atoms with Crippen LogP contribution in [0.5, 0.6) is 11.5 Å². The Morgan fingerprint density at radius 1 is 1.09 bits per heavy atom. The van der Waals surface area contributed by atoms with Crippen LogP contribution in [0.25, 0.3) is 0 Å². The lowest BCUT2D eigenvalue weighted by atomic mass is 10.0. The van der Waals surface area contributed by atoms with Crippen molar-refractivity contribution in [2.75, 3.05) is 19.5 Å². The molecule has 0 spiro atoms. The SMILES string of the molecule is COc1cc(OC)c(NC(=O)C[C@H](c2ccc(F)cc2)N2Cc3ccccc3C2=O)cc1Cl. The van der Waals surface area contributed by atoms with Crippen LogP contribution in [0.4, 0.5) is 10.1 Å². The molecular weight excluding hydrogens is 447 g/mol. The van der Waals surface area contributed by atoms with Crippen molar-refractivity contribution in [3.8, 4) is 11.5 Å². The van der Waals surface area contributed by atoms with E-state index >= 15 is 0 Å². The Morgan fingerprint density at radius 2 is 1.79 bits per heavy atom. The van der Waals surface area contributed by atoms with E-state index in [1.54, 1.807) is 41.3 Å². The number of methoxy groups -OCH3 is 2. The molecule has 1 atom stereocenters. The molecule has 6 nitrogen and oxygen atoms in total. The summed E-state index contributed by atoms with van der Waals surface area (Å²) in [4.78, 5) is 27.8. The fourth-order valence-electron chi connectivity index (χ4n) is 3.96. The maximum Gasteiger partial charge on any atom is 0.255 e. The second kappa shape index (κ2) is 9.50. The Bertz CT molecular complexity index is 1200. The summed E-state index contributed by atoms with van der Waals surface area (Å²) in [6.07, 6.45) is -0.0435. The summed E-state index contributed by atoms with van der Waals surface area (Å²) in [5.41, 5.74) is 2.53. The fourth-order valence-corrected chi connectivity index (χ4v) is 4.20. The van der Waals surface area contributed by atoms with Crippen LogP contribution in [-0.4, -0.2) is 30.9 Å². The summed E-state index contributed by atoms with van der Waals surface area (Å²) < 4.78 is 24.1. The van der Waals surface area contributed by atoms with E-state index < -0.39 is 11.9 Å². The van der Waals surface area contributed by atoms with Crippen LogP contribution < -0.4 is 14.8 Å². The highest BCUT2D eigenvalue weighted by Gasteiger charge is 2.34. The zero-order valence-corrected chi connectivity index (χ0v) is 18.9. The summed E-state index contributed by atoms with van der Waals surface area (Å²) in [6, 6.07) is 15.7. The molecule has 3 aromatic rings. The van der Waals surface area contributed by atoms with E-state index in [0.29, 0.717) is 39.9 Å². The maximum absolute atomic E-state index is 13.6. The van der Waals surface area contributed by atoms with Crippen molar-refractivity contribution >= 4 is 29.1 Å². The van der Waals surface area contributed by atoms with Crippen LogP contribution in [0.1, 0.15) is 33.9 Å². The Morgan fingerprint density at radius 3 is 2.45 bits per heavy atom. The zero-order chi connectivity index (χ0) is 23.5. The minimum absolute atomic E-state index is 0.0435. The first-order valence-electron chi connectivity index (χ1n) is 10.3. The summed E-state index contributed by atoms with van der Waals surface area (Å²) in [5.74, 6) is -0.121. The number of hydrogen-bond donors (Lipinski definition) is 1. The molecule has 0 saturated heterocycles. The first-order chi connectivity index (χ1) is 15.9. The van der Waals surface area contributed by atoms with Gasteiger partial charge in [0.15, 0.2) is 0 Å². The van der Waals surface area contributed by atoms with Crippen molar-refractivity contribution in [1.82, 2.24) is 4.90 Å². The number of nitrogens with zero attached hydrogens (tertiary/aromatic N) is 1. The highest BCUT2D eigenvalue weighted by Crippen LogP contribution is 2.37. The minimum Gasteiger partial charge on any atom is -0.495 e. The monoisotopic (exact) mass is 468 g/mol. The lowest BCUT2D eigenvalue weighted by molar-refractivity contribution is -0.117. The van der Waals surface area contributed by atoms with E-state index in [9.17, 15) is 14.0 Å². The fraction of sp³-hybridized carbons (Fsp3) is 0.200. The number of fused-ring (bicyclic) bond motifs is 1. The van der Waals surface area contributed by atoms with Crippen LogP contribution in [0.15, 0.2) is 60.7 Å². The summed E-state index contributed by atoms with van der Waals surface area (Å²) in [7, 11) is 2.96. The maximum atomic E-state index is 13.6. The molecule has 0 unspecified atom stereocenters. The Kier molecular flexibility index (Phi) is 6.51. The molecular formula is C25H22ClFN2O4. The standard InChI is InChI=1S/C25H22ClFN2O4/c1-32-22-13-23(33-2)20(11-19(22)26)28-24(30)12-21(15-7-9-17(27)10-8-15)29-14-16-5-3-4-6-18(16)25(29)31/h3-11,13,21H,12,14H2,1-2H3,(H,28,30)/t21-/m1/s1. The molecule has 0 radical (unpaired) electrons. The second-order valence-corrected chi connectivity index (χ2v) is 8.00. The van der Waals surface area contributed by atoms with Crippen LogP contribution in [-0.2, 0) is 11.3 Å². The van der Waals surface area contributed by atoms with Gasteiger partial charge in [0, 0.05) is 18.2 Å². The van der Waals surface area contributed by atoms with Gasteiger partial charge in [0.05, 0.1) is 37.4 Å². The molecule has 1 heterocycles. The van der Waals surface area contributed by atoms with Gasteiger partial charge in [0.2, 0.25) is 5.91 Å². The number of anilines is 1. The quantitative estimate of drug-likeness (QED) is 0.516. The topological polar surface area (TPSA) is 67.9 Å². The number of amides is 2. The number of carbonyl (C=O) groups excluding carboxylic acids is 2. The van der Waals surface area contributed by atoms with Crippen LogP contribution >= 0.6 is 11.6 Å². The van der Waals surface area contributed by atoms with Crippen LogP contribution in [0, 0.1) is 5.82 Å². The predicted molar refractivity (Wildman–Crippen MR) is 123 cm³/mol. The third kappa shape index (κ3) is 4.64. The Balaban J connectivity index is 1.61. The highest BCUT2D eigenvalue weighted by atomic mass is 35.5. The molecule has 1 N–H and O–H groups in total. The Labute approximate surface area is 195 Å². The van der Waals surface area contributed by atoms with Crippen LogP contribution in [0.3, 0.4) is 0 Å². The van der Waals surface area contributed by atoms with Crippen molar-refractivity contribution in [2.24, 2.45) is 0 Å². The van der Waals surface area contributed by atoms with E-state index in [4.69, 9.17) is 21.1 Å². The van der Waals surface area contributed by atoms with Gasteiger partial charge in [-0.2, -0.15) is 0 Å². The largest absolute Gasteiger partial charge is 0.495 e. The summed E-state index contributed by atoms with van der Waals surface area (Å²) in [6.45, 7) is 0.363. The molecule has 0 saturated carbocycles.